The van der Waals surface area contributed by atoms with Gasteiger partial charge in [-0.2, -0.15) is 0 Å². The van der Waals surface area contributed by atoms with E-state index in [9.17, 15) is 8.78 Å². The fourth-order valence-corrected chi connectivity index (χ4v) is 3.95. The van der Waals surface area contributed by atoms with Gasteiger partial charge in [-0.25, -0.2) is 13.8 Å². The van der Waals surface area contributed by atoms with Gasteiger partial charge in [-0.05, 0) is 41.5 Å². The van der Waals surface area contributed by atoms with Crippen LogP contribution in [0.1, 0.15) is 5.56 Å². The number of hydrogen-bond acceptors (Lipinski definition) is 6. The van der Waals surface area contributed by atoms with Crippen LogP contribution >= 0.6 is 0 Å². The lowest BCUT2D eigenvalue weighted by Crippen LogP contribution is -2.19. The van der Waals surface area contributed by atoms with E-state index in [0.29, 0.717) is 59.2 Å². The molecule has 0 atom stereocenters. The molecule has 0 aliphatic heterocycles. The van der Waals surface area contributed by atoms with Crippen LogP contribution in [0.15, 0.2) is 65.3 Å². The van der Waals surface area contributed by atoms with Gasteiger partial charge >= 0.3 is 0 Å². The molecule has 0 bridgehead atoms. The van der Waals surface area contributed by atoms with E-state index in [1.165, 1.54) is 18.2 Å². The van der Waals surface area contributed by atoms with Gasteiger partial charge in [0.1, 0.15) is 23.5 Å². The number of aryl methyl sites for hydroxylation is 1. The van der Waals surface area contributed by atoms with Crippen molar-refractivity contribution in [1.82, 2.24) is 25.1 Å². The maximum absolute atomic E-state index is 14.6. The molecule has 2 heterocycles. The van der Waals surface area contributed by atoms with Crippen LogP contribution in [0, 0.1) is 11.6 Å². The Balaban J connectivity index is 1.50. The van der Waals surface area contributed by atoms with Crippen molar-refractivity contribution in [1.29, 1.82) is 0 Å². The zero-order valence-corrected chi connectivity index (χ0v) is 19.3. The Morgan fingerprint density at radius 2 is 1.89 bits per heavy atom. The lowest BCUT2D eigenvalue weighted by atomic mass is 9.97. The summed E-state index contributed by atoms with van der Waals surface area (Å²) in [5.74, 6) is 0.192. The Kier molecular flexibility index (Phi) is 6.35. The van der Waals surface area contributed by atoms with Crippen molar-refractivity contribution in [3.8, 4) is 34.0 Å². The van der Waals surface area contributed by atoms with Crippen molar-refractivity contribution in [2.75, 3.05) is 20.3 Å². The largest absolute Gasteiger partial charge is 0.436 e. The zero-order valence-electron chi connectivity index (χ0n) is 19.3. The van der Waals surface area contributed by atoms with Gasteiger partial charge in [0.25, 0.3) is 0 Å². The number of methoxy groups -OCH3 is 1. The number of oxazole rings is 1. The number of aromatic nitrogens is 4. The Labute approximate surface area is 200 Å². The number of nitrogens with zero attached hydrogens (tertiary/aromatic N) is 4. The van der Waals surface area contributed by atoms with Gasteiger partial charge in [0, 0.05) is 50.0 Å². The number of hydrogen-bond donors (Lipinski definition) is 1. The normalized spacial score (nSPS) is 11.4. The minimum atomic E-state index is -0.364. The molecule has 0 radical (unpaired) electrons. The smallest absolute Gasteiger partial charge is 0.227 e. The van der Waals surface area contributed by atoms with Crippen molar-refractivity contribution in [2.24, 2.45) is 7.05 Å². The second-order valence-electron chi connectivity index (χ2n) is 8.14. The third-order valence-corrected chi connectivity index (χ3v) is 5.71. The Morgan fingerprint density at radius 3 is 2.69 bits per heavy atom. The van der Waals surface area contributed by atoms with Gasteiger partial charge in [-0.3, -0.25) is 0 Å². The molecule has 7 nitrogen and oxygen atoms in total. The fourth-order valence-electron chi connectivity index (χ4n) is 3.95. The van der Waals surface area contributed by atoms with Gasteiger partial charge in [0.15, 0.2) is 11.4 Å². The second kappa shape index (κ2) is 9.73. The topological polar surface area (TPSA) is 78.0 Å². The average molecular weight is 475 g/mol. The second-order valence-corrected chi connectivity index (χ2v) is 8.14. The van der Waals surface area contributed by atoms with Gasteiger partial charge in [0.2, 0.25) is 5.89 Å². The first kappa shape index (κ1) is 22.8. The fraction of sp³-hybridized carbons (Fsp3) is 0.192. The van der Waals surface area contributed by atoms with Gasteiger partial charge in [-0.15, -0.1) is 10.2 Å². The molecular formula is C26H23F2N5O2. The minimum absolute atomic E-state index is 0.359. The molecule has 0 unspecified atom stereocenters. The van der Waals surface area contributed by atoms with Crippen LogP contribution in [0.5, 0.6) is 0 Å². The van der Waals surface area contributed by atoms with Crippen LogP contribution in [0.25, 0.3) is 45.1 Å². The van der Waals surface area contributed by atoms with Crippen LogP contribution in [-0.2, 0) is 18.3 Å². The number of fused-ring (bicyclic) bond motifs is 1. The summed E-state index contributed by atoms with van der Waals surface area (Å²) in [4.78, 5) is 4.59. The number of benzene rings is 3. The summed E-state index contributed by atoms with van der Waals surface area (Å²) in [7, 11) is 3.42. The molecule has 0 aliphatic rings. The Morgan fingerprint density at radius 1 is 1.03 bits per heavy atom. The molecule has 9 heteroatoms. The van der Waals surface area contributed by atoms with E-state index in [0.717, 1.165) is 11.1 Å². The molecule has 178 valence electrons. The van der Waals surface area contributed by atoms with Crippen molar-refractivity contribution in [2.45, 2.75) is 6.54 Å². The molecule has 35 heavy (non-hydrogen) atoms. The summed E-state index contributed by atoms with van der Waals surface area (Å²) >= 11 is 0. The summed E-state index contributed by atoms with van der Waals surface area (Å²) in [5.41, 5.74) is 4.39. The van der Waals surface area contributed by atoms with Crippen LogP contribution in [0.3, 0.4) is 0 Å². The number of nitrogens with one attached hydrogen (secondary N) is 1. The Hall–Kier alpha value is -3.95. The SMILES string of the molecule is COCCNCc1cc2nc(-c3cccc(-c4ccc(F)cc4-c4nncn4C)c3)oc2cc1F. The molecule has 0 aliphatic carbocycles. The predicted molar refractivity (Wildman–Crippen MR) is 128 cm³/mol. The van der Waals surface area contributed by atoms with E-state index in [1.54, 1.807) is 37.2 Å². The molecule has 0 saturated heterocycles. The first-order valence-electron chi connectivity index (χ1n) is 11.1. The molecule has 0 saturated carbocycles. The minimum Gasteiger partial charge on any atom is -0.436 e. The van der Waals surface area contributed by atoms with E-state index >= 15 is 0 Å². The van der Waals surface area contributed by atoms with Crippen molar-refractivity contribution in [3.05, 3.63) is 78.1 Å². The van der Waals surface area contributed by atoms with E-state index in [2.05, 4.69) is 20.5 Å². The van der Waals surface area contributed by atoms with Crippen molar-refractivity contribution >= 4 is 11.1 Å². The highest BCUT2D eigenvalue weighted by Crippen LogP contribution is 2.34. The highest BCUT2D eigenvalue weighted by Gasteiger charge is 2.16. The van der Waals surface area contributed by atoms with Crippen LogP contribution in [0.2, 0.25) is 0 Å². The van der Waals surface area contributed by atoms with Crippen molar-refractivity contribution < 1.29 is 17.9 Å². The van der Waals surface area contributed by atoms with Crippen molar-refractivity contribution in [3.63, 3.8) is 0 Å². The molecule has 5 aromatic rings. The third-order valence-electron chi connectivity index (χ3n) is 5.71. The molecule has 0 spiro atoms. The van der Waals surface area contributed by atoms with E-state index in [1.807, 2.05) is 24.3 Å². The van der Waals surface area contributed by atoms with E-state index < -0.39 is 0 Å². The zero-order chi connectivity index (χ0) is 24.4. The average Bonchev–Trinajstić information content (AvgIpc) is 3.47. The maximum atomic E-state index is 14.6. The maximum Gasteiger partial charge on any atom is 0.227 e. The first-order valence-corrected chi connectivity index (χ1v) is 11.1. The number of ether oxygens (including phenoxy) is 1. The Bertz CT molecular complexity index is 1490. The molecule has 1 N–H and O–H groups in total. The van der Waals surface area contributed by atoms with Crippen LogP contribution in [-0.4, -0.2) is 40.0 Å². The summed E-state index contributed by atoms with van der Waals surface area (Å²) in [6, 6.07) is 15.2. The number of rotatable bonds is 8. The predicted octanol–water partition coefficient (Wildman–Crippen LogP) is 4.97. The van der Waals surface area contributed by atoms with Gasteiger partial charge in [0.05, 0.1) is 6.61 Å². The third kappa shape index (κ3) is 4.68. The molecule has 5 rings (SSSR count). The van der Waals surface area contributed by atoms with Gasteiger partial charge < -0.3 is 19.0 Å². The lowest BCUT2D eigenvalue weighted by Gasteiger charge is -2.10. The summed E-state index contributed by atoms with van der Waals surface area (Å²) in [5, 5.41) is 11.2. The van der Waals surface area contributed by atoms with Crippen LogP contribution < -0.4 is 5.32 Å². The molecular weight excluding hydrogens is 452 g/mol. The van der Waals surface area contributed by atoms with E-state index in [4.69, 9.17) is 9.15 Å². The standard InChI is InChI=1S/C26H23F2N5O2/c1-33-15-30-32-25(33)21-12-19(27)6-7-20(21)16-4-3-5-17(10-16)26-31-23-11-18(14-29-8-9-34-2)22(28)13-24(23)35-26/h3-7,10-13,15,29H,8-9,14H2,1-2H3. The molecule has 0 amide bonds. The number of halogens is 2. The summed E-state index contributed by atoms with van der Waals surface area (Å²) in [6.07, 6.45) is 1.57. The molecule has 3 aromatic carbocycles. The molecule has 0 fully saturated rings. The monoisotopic (exact) mass is 475 g/mol. The highest BCUT2D eigenvalue weighted by atomic mass is 19.1. The first-order chi connectivity index (χ1) is 17.0. The summed E-state index contributed by atoms with van der Waals surface area (Å²) < 4.78 is 41.3. The van der Waals surface area contributed by atoms with E-state index in [-0.39, 0.29) is 11.6 Å². The van der Waals surface area contributed by atoms with Gasteiger partial charge in [-0.1, -0.05) is 18.2 Å². The molecule has 2 aromatic heterocycles. The lowest BCUT2D eigenvalue weighted by molar-refractivity contribution is 0.199. The quantitative estimate of drug-likeness (QED) is 0.319. The van der Waals surface area contributed by atoms with Crippen LogP contribution in [0.4, 0.5) is 8.78 Å². The summed E-state index contributed by atoms with van der Waals surface area (Å²) in [6.45, 7) is 1.52. The highest BCUT2D eigenvalue weighted by molar-refractivity contribution is 5.83.